The quantitative estimate of drug-likeness (QED) is 0.851. The van der Waals surface area contributed by atoms with Crippen molar-refractivity contribution in [2.45, 2.75) is 52.2 Å². The molecule has 0 spiro atoms. The average Bonchev–Trinajstić information content (AvgIpc) is 2.26. The number of hydrogen-bond donors (Lipinski definition) is 1. The van der Waals surface area contributed by atoms with Crippen LogP contribution < -0.4 is 5.73 Å². The Kier molecular flexibility index (Phi) is 4.72. The number of methoxy groups -OCH3 is 1. The van der Waals surface area contributed by atoms with E-state index in [0.29, 0.717) is 0 Å². The van der Waals surface area contributed by atoms with Gasteiger partial charge in [-0.3, -0.25) is 0 Å². The molecule has 0 fully saturated rings. The fourth-order valence-corrected chi connectivity index (χ4v) is 2.21. The lowest BCUT2D eigenvalue weighted by Crippen LogP contribution is -2.48. The maximum Gasteiger partial charge on any atom is 0.0801 e. The minimum absolute atomic E-state index is 0.0266. The first-order valence-electron chi connectivity index (χ1n) is 6.29. The zero-order valence-corrected chi connectivity index (χ0v) is 11.7. The predicted octanol–water partition coefficient (Wildman–Crippen LogP) is 2.99. The van der Waals surface area contributed by atoms with Gasteiger partial charge in [-0.1, -0.05) is 36.2 Å². The first kappa shape index (κ1) is 14.2. The van der Waals surface area contributed by atoms with Crippen LogP contribution in [-0.2, 0) is 11.2 Å². The van der Waals surface area contributed by atoms with Gasteiger partial charge >= 0.3 is 0 Å². The van der Waals surface area contributed by atoms with Crippen LogP contribution in [0.5, 0.6) is 0 Å². The number of nitrogens with two attached hydrogens (primary N) is 1. The lowest BCUT2D eigenvalue weighted by Gasteiger charge is -2.33. The van der Waals surface area contributed by atoms with Gasteiger partial charge in [0.25, 0.3) is 0 Å². The van der Waals surface area contributed by atoms with Crippen LogP contribution in [0.3, 0.4) is 0 Å². The van der Waals surface area contributed by atoms with Gasteiger partial charge in [0.1, 0.15) is 0 Å². The summed E-state index contributed by atoms with van der Waals surface area (Å²) in [4.78, 5) is 0. The Morgan fingerprint density at radius 3 is 2.18 bits per heavy atom. The maximum absolute atomic E-state index is 6.28. The maximum atomic E-state index is 6.28. The Balaban J connectivity index is 2.83. The minimum atomic E-state index is -0.238. The molecule has 0 amide bonds. The van der Waals surface area contributed by atoms with E-state index in [1.807, 2.05) is 0 Å². The summed E-state index contributed by atoms with van der Waals surface area (Å²) < 4.78 is 5.56. The van der Waals surface area contributed by atoms with Gasteiger partial charge in [-0.2, -0.15) is 0 Å². The monoisotopic (exact) mass is 235 g/mol. The second kappa shape index (κ2) is 5.65. The molecule has 0 aliphatic rings. The molecule has 1 rings (SSSR count). The molecule has 0 radical (unpaired) electrons. The highest BCUT2D eigenvalue weighted by atomic mass is 16.5. The van der Waals surface area contributed by atoms with E-state index in [9.17, 15) is 0 Å². The third-order valence-corrected chi connectivity index (χ3v) is 3.69. The number of benzene rings is 1. The highest BCUT2D eigenvalue weighted by Gasteiger charge is 2.29. The van der Waals surface area contributed by atoms with Crippen molar-refractivity contribution in [1.82, 2.24) is 0 Å². The Bertz CT molecular complexity index is 349. The van der Waals surface area contributed by atoms with Crippen molar-refractivity contribution in [2.75, 3.05) is 7.11 Å². The second-order valence-electron chi connectivity index (χ2n) is 5.18. The zero-order valence-electron chi connectivity index (χ0n) is 11.7. The van der Waals surface area contributed by atoms with Gasteiger partial charge in [-0.05, 0) is 39.2 Å². The van der Waals surface area contributed by atoms with Crippen LogP contribution in [0.15, 0.2) is 18.2 Å². The molecule has 2 nitrogen and oxygen atoms in total. The molecule has 1 aromatic carbocycles. The van der Waals surface area contributed by atoms with Crippen LogP contribution in [0.1, 0.15) is 37.0 Å². The molecule has 0 bridgehead atoms. The first-order chi connectivity index (χ1) is 7.91. The molecule has 2 unspecified atom stereocenters. The van der Waals surface area contributed by atoms with Crippen molar-refractivity contribution in [1.29, 1.82) is 0 Å². The fourth-order valence-electron chi connectivity index (χ4n) is 2.21. The summed E-state index contributed by atoms with van der Waals surface area (Å²) in [5.41, 5.74) is 9.93. The predicted molar refractivity (Wildman–Crippen MR) is 73.3 cm³/mol. The third kappa shape index (κ3) is 3.55. The SMILES string of the molecule is CCC(C)(OC)C(N)Cc1cc(C)cc(C)c1. The van der Waals surface area contributed by atoms with E-state index in [2.05, 4.69) is 45.9 Å². The van der Waals surface area contributed by atoms with Crippen molar-refractivity contribution in [3.05, 3.63) is 34.9 Å². The van der Waals surface area contributed by atoms with E-state index in [4.69, 9.17) is 10.5 Å². The van der Waals surface area contributed by atoms with E-state index in [1.165, 1.54) is 16.7 Å². The molecule has 96 valence electrons. The highest BCUT2D eigenvalue weighted by molar-refractivity contribution is 5.29. The van der Waals surface area contributed by atoms with Crippen molar-refractivity contribution in [2.24, 2.45) is 5.73 Å². The van der Waals surface area contributed by atoms with Gasteiger partial charge in [0.2, 0.25) is 0 Å². The number of hydrogen-bond acceptors (Lipinski definition) is 2. The molecule has 2 N–H and O–H groups in total. The smallest absolute Gasteiger partial charge is 0.0801 e. The molecule has 17 heavy (non-hydrogen) atoms. The lowest BCUT2D eigenvalue weighted by atomic mass is 9.88. The molecule has 0 heterocycles. The molecular formula is C15H25NO. The Hall–Kier alpha value is -0.860. The van der Waals surface area contributed by atoms with Crippen LogP contribution >= 0.6 is 0 Å². The summed E-state index contributed by atoms with van der Waals surface area (Å²) in [5, 5.41) is 0. The largest absolute Gasteiger partial charge is 0.377 e. The summed E-state index contributed by atoms with van der Waals surface area (Å²) in [7, 11) is 1.74. The first-order valence-corrected chi connectivity index (χ1v) is 6.29. The summed E-state index contributed by atoms with van der Waals surface area (Å²) in [5.74, 6) is 0. The molecule has 1 aromatic rings. The van der Waals surface area contributed by atoms with Gasteiger partial charge in [-0.15, -0.1) is 0 Å². The van der Waals surface area contributed by atoms with Crippen LogP contribution in [0.2, 0.25) is 0 Å². The van der Waals surface area contributed by atoms with Crippen LogP contribution in [-0.4, -0.2) is 18.8 Å². The van der Waals surface area contributed by atoms with E-state index in [-0.39, 0.29) is 11.6 Å². The molecule has 0 saturated carbocycles. The normalized spacial score (nSPS) is 16.6. The van der Waals surface area contributed by atoms with Crippen LogP contribution in [0.25, 0.3) is 0 Å². The Morgan fingerprint density at radius 1 is 1.24 bits per heavy atom. The summed E-state index contributed by atoms with van der Waals surface area (Å²) in [6, 6.07) is 6.63. The molecule has 2 heteroatoms. The van der Waals surface area contributed by atoms with Gasteiger partial charge in [-0.25, -0.2) is 0 Å². The van der Waals surface area contributed by atoms with Gasteiger partial charge < -0.3 is 10.5 Å². The zero-order chi connectivity index (χ0) is 13.1. The summed E-state index contributed by atoms with van der Waals surface area (Å²) in [6.07, 6.45) is 1.79. The van der Waals surface area contributed by atoms with Gasteiger partial charge in [0.15, 0.2) is 0 Å². The second-order valence-corrected chi connectivity index (χ2v) is 5.18. The molecule has 0 aromatic heterocycles. The van der Waals surface area contributed by atoms with Crippen molar-refractivity contribution >= 4 is 0 Å². The van der Waals surface area contributed by atoms with Crippen LogP contribution in [0, 0.1) is 13.8 Å². The van der Waals surface area contributed by atoms with Crippen LogP contribution in [0.4, 0.5) is 0 Å². The van der Waals surface area contributed by atoms with Crippen molar-refractivity contribution < 1.29 is 4.74 Å². The third-order valence-electron chi connectivity index (χ3n) is 3.69. The number of aryl methyl sites for hydroxylation is 2. The minimum Gasteiger partial charge on any atom is -0.377 e. The standard InChI is InChI=1S/C15H25NO/c1-6-15(4,17-5)14(16)10-13-8-11(2)7-12(3)9-13/h7-9,14H,6,10,16H2,1-5H3. The molecule has 0 aliphatic heterocycles. The molecule has 0 saturated heterocycles. The molecule has 0 aliphatic carbocycles. The van der Waals surface area contributed by atoms with Crippen molar-refractivity contribution in [3.8, 4) is 0 Å². The van der Waals surface area contributed by atoms with E-state index < -0.39 is 0 Å². The summed E-state index contributed by atoms with van der Waals surface area (Å²) in [6.45, 7) is 8.44. The lowest BCUT2D eigenvalue weighted by molar-refractivity contribution is -0.0184. The van der Waals surface area contributed by atoms with E-state index in [0.717, 1.165) is 12.8 Å². The van der Waals surface area contributed by atoms with E-state index in [1.54, 1.807) is 7.11 Å². The van der Waals surface area contributed by atoms with Gasteiger partial charge in [0, 0.05) is 13.2 Å². The number of rotatable bonds is 5. The Morgan fingerprint density at radius 2 is 1.76 bits per heavy atom. The fraction of sp³-hybridized carbons (Fsp3) is 0.600. The highest BCUT2D eigenvalue weighted by Crippen LogP contribution is 2.21. The Labute approximate surface area is 105 Å². The summed E-state index contributed by atoms with van der Waals surface area (Å²) >= 11 is 0. The van der Waals surface area contributed by atoms with E-state index >= 15 is 0 Å². The molecule has 2 atom stereocenters. The topological polar surface area (TPSA) is 35.2 Å². The average molecular weight is 235 g/mol. The van der Waals surface area contributed by atoms with Gasteiger partial charge in [0.05, 0.1) is 5.60 Å². The number of ether oxygens (including phenoxy) is 1. The van der Waals surface area contributed by atoms with Crippen molar-refractivity contribution in [3.63, 3.8) is 0 Å². The molecular weight excluding hydrogens is 210 g/mol.